The number of rotatable bonds is 8. The normalized spacial score (nSPS) is 17.6. The summed E-state index contributed by atoms with van der Waals surface area (Å²) < 4.78 is 10.2. The van der Waals surface area contributed by atoms with Crippen molar-refractivity contribution in [1.82, 2.24) is 10.3 Å². The van der Waals surface area contributed by atoms with Gasteiger partial charge in [-0.1, -0.05) is 29.7 Å². The van der Waals surface area contributed by atoms with Gasteiger partial charge in [-0.3, -0.25) is 19.2 Å². The van der Waals surface area contributed by atoms with Gasteiger partial charge >= 0.3 is 0 Å². The summed E-state index contributed by atoms with van der Waals surface area (Å²) in [6, 6.07) is 3.42. The summed E-state index contributed by atoms with van der Waals surface area (Å²) in [5.41, 5.74) is 3.32. The molecule has 3 unspecified atom stereocenters. The van der Waals surface area contributed by atoms with Gasteiger partial charge in [-0.25, -0.2) is 0 Å². The summed E-state index contributed by atoms with van der Waals surface area (Å²) in [6.07, 6.45) is 2.20. The minimum absolute atomic E-state index is 0.0442. The molecule has 3 rings (SSSR count). The monoisotopic (exact) mass is 470 g/mol. The number of hydrogen-bond acceptors (Lipinski definition) is 8. The van der Waals surface area contributed by atoms with Crippen molar-refractivity contribution in [3.63, 3.8) is 0 Å². The van der Waals surface area contributed by atoms with E-state index in [1.165, 1.54) is 13.8 Å². The minimum Gasteiger partial charge on any atom is -0.360 e. The minimum atomic E-state index is -0.902. The number of Topliss-reactive ketones (excluding diaryl/α,β-unsaturated/α-hetero) is 4. The molecular formula is C26H34N2O6. The number of carbonyl (C=O) groups excluding carboxylic acids is 4. The molecular weight excluding hydrogens is 436 g/mol. The van der Waals surface area contributed by atoms with Crippen LogP contribution in [0.4, 0.5) is 0 Å². The molecule has 0 saturated carbocycles. The van der Waals surface area contributed by atoms with E-state index in [9.17, 15) is 19.2 Å². The number of aryl methyl sites for hydroxylation is 2. The van der Waals surface area contributed by atoms with Crippen molar-refractivity contribution in [2.24, 2.45) is 11.8 Å². The van der Waals surface area contributed by atoms with Crippen LogP contribution in [0.3, 0.4) is 0 Å². The third-order valence-corrected chi connectivity index (χ3v) is 6.27. The fourth-order valence-electron chi connectivity index (χ4n) is 3.78. The second-order valence-corrected chi connectivity index (χ2v) is 9.18. The Morgan fingerprint density at radius 1 is 1.03 bits per heavy atom. The van der Waals surface area contributed by atoms with Crippen LogP contribution in [-0.4, -0.2) is 33.4 Å². The molecule has 0 aliphatic heterocycles. The Hall–Kier alpha value is -3.16. The zero-order valence-corrected chi connectivity index (χ0v) is 21.1. The maximum Gasteiger partial charge on any atom is 0.170 e. The van der Waals surface area contributed by atoms with E-state index in [2.05, 4.69) is 17.2 Å². The first kappa shape index (κ1) is 27.1. The molecule has 184 valence electrons. The molecule has 2 aromatic heterocycles. The predicted octanol–water partition coefficient (Wildman–Crippen LogP) is 4.99. The molecule has 1 aliphatic rings. The topological polar surface area (TPSA) is 120 Å². The fourth-order valence-corrected chi connectivity index (χ4v) is 3.78. The number of hydrogen-bond donors (Lipinski definition) is 0. The van der Waals surface area contributed by atoms with E-state index < -0.39 is 5.92 Å². The van der Waals surface area contributed by atoms with Crippen molar-refractivity contribution in [2.45, 2.75) is 80.1 Å². The average molecular weight is 471 g/mol. The van der Waals surface area contributed by atoms with Gasteiger partial charge in [-0.15, -0.1) is 0 Å². The Morgan fingerprint density at radius 3 is 2.15 bits per heavy atom. The van der Waals surface area contributed by atoms with Crippen LogP contribution in [0.1, 0.15) is 89.1 Å². The summed E-state index contributed by atoms with van der Waals surface area (Å²) in [7, 11) is 0. The Balaban J connectivity index is 0.000000246. The van der Waals surface area contributed by atoms with Gasteiger partial charge in [0.15, 0.2) is 23.1 Å². The first-order chi connectivity index (χ1) is 15.9. The van der Waals surface area contributed by atoms with E-state index in [-0.39, 0.29) is 41.2 Å². The molecule has 8 nitrogen and oxygen atoms in total. The molecule has 0 radical (unpaired) electrons. The van der Waals surface area contributed by atoms with Crippen LogP contribution in [0.15, 0.2) is 26.8 Å². The Morgan fingerprint density at radius 2 is 1.65 bits per heavy atom. The van der Waals surface area contributed by atoms with Crippen LogP contribution >= 0.6 is 0 Å². The fraction of sp³-hybridized carbons (Fsp3) is 0.538. The van der Waals surface area contributed by atoms with E-state index >= 15 is 0 Å². The van der Waals surface area contributed by atoms with Gasteiger partial charge in [0.2, 0.25) is 0 Å². The second kappa shape index (κ2) is 11.8. The Labute approximate surface area is 200 Å². The molecule has 3 atom stereocenters. The average Bonchev–Trinajstić information content (AvgIpc) is 3.37. The molecule has 0 bridgehead atoms. The van der Waals surface area contributed by atoms with Gasteiger partial charge in [0.05, 0.1) is 17.0 Å². The van der Waals surface area contributed by atoms with Gasteiger partial charge in [-0.05, 0) is 53.4 Å². The first-order valence-electron chi connectivity index (χ1n) is 11.6. The summed E-state index contributed by atoms with van der Waals surface area (Å²) in [6.45, 7) is 12.4. The lowest BCUT2D eigenvalue weighted by Gasteiger charge is -2.20. The zero-order chi connectivity index (χ0) is 25.6. The van der Waals surface area contributed by atoms with Crippen molar-refractivity contribution >= 4 is 28.7 Å². The molecule has 0 amide bonds. The molecule has 2 aromatic rings. The molecule has 2 heterocycles. The van der Waals surface area contributed by atoms with E-state index in [1.54, 1.807) is 19.9 Å². The lowest BCUT2D eigenvalue weighted by molar-refractivity contribution is -0.129. The number of allylic oxidation sites excluding steroid dienone is 2. The Bertz CT molecular complexity index is 1090. The van der Waals surface area contributed by atoms with E-state index in [4.69, 9.17) is 9.05 Å². The summed E-state index contributed by atoms with van der Waals surface area (Å²) in [4.78, 5) is 46.6. The highest BCUT2D eigenvalue weighted by Gasteiger charge is 2.29. The van der Waals surface area contributed by atoms with Gasteiger partial charge in [0.25, 0.3) is 0 Å². The summed E-state index contributed by atoms with van der Waals surface area (Å²) in [5.74, 6) is 0.0290. The van der Waals surface area contributed by atoms with Gasteiger partial charge in [0, 0.05) is 30.9 Å². The summed E-state index contributed by atoms with van der Waals surface area (Å²) in [5, 5.41) is 7.52. The lowest BCUT2D eigenvalue weighted by Crippen LogP contribution is -2.20. The molecule has 34 heavy (non-hydrogen) atoms. The van der Waals surface area contributed by atoms with E-state index in [1.807, 2.05) is 19.9 Å². The van der Waals surface area contributed by atoms with Crippen LogP contribution in [0.5, 0.6) is 0 Å². The third kappa shape index (κ3) is 6.92. The zero-order valence-electron chi connectivity index (χ0n) is 21.1. The van der Waals surface area contributed by atoms with Gasteiger partial charge in [0.1, 0.15) is 17.5 Å². The van der Waals surface area contributed by atoms with Crippen molar-refractivity contribution in [2.75, 3.05) is 0 Å². The van der Waals surface area contributed by atoms with E-state index in [0.29, 0.717) is 30.2 Å². The molecule has 0 spiro atoms. The highest BCUT2D eigenvalue weighted by Crippen LogP contribution is 2.33. The Kier molecular flexibility index (Phi) is 9.41. The van der Waals surface area contributed by atoms with Crippen LogP contribution < -0.4 is 0 Å². The number of aromatic nitrogens is 2. The van der Waals surface area contributed by atoms with Crippen LogP contribution in [0.2, 0.25) is 0 Å². The van der Waals surface area contributed by atoms with Crippen LogP contribution in [0.25, 0.3) is 5.57 Å². The third-order valence-electron chi connectivity index (χ3n) is 6.27. The molecule has 0 aromatic carbocycles. The molecule has 0 fully saturated rings. The second-order valence-electron chi connectivity index (χ2n) is 9.18. The maximum absolute atomic E-state index is 12.1. The highest BCUT2D eigenvalue weighted by atomic mass is 16.5. The number of ketones is 4. The summed E-state index contributed by atoms with van der Waals surface area (Å²) >= 11 is 0. The van der Waals surface area contributed by atoms with Gasteiger partial charge in [-0.2, -0.15) is 0 Å². The standard InChI is InChI=1S/C14H19NO4.C12H15NO2/c1-8(10(3)16)5-6-12(18)14(11(4)17)13-7-9(2)15-19-13;1-7-4-5-10(14)12(9(7)3)11-6-8(2)13-15-11/h7-8,14H,5-6H2,1-4H3;6-7H,4-5H2,1-3H3. The largest absolute Gasteiger partial charge is 0.360 e. The number of nitrogens with zero attached hydrogens (tertiary/aromatic N) is 2. The van der Waals surface area contributed by atoms with Crippen molar-refractivity contribution in [3.8, 4) is 0 Å². The molecule has 0 N–H and O–H groups in total. The molecule has 1 aliphatic carbocycles. The SMILES string of the molecule is CC(=O)C(C)CCC(=O)C(C(C)=O)c1cc(C)no1.CC1=C(c2cc(C)no2)C(=O)CCC1C. The van der Waals surface area contributed by atoms with Crippen molar-refractivity contribution < 1.29 is 28.2 Å². The smallest absolute Gasteiger partial charge is 0.170 e. The van der Waals surface area contributed by atoms with Gasteiger partial charge < -0.3 is 9.05 Å². The van der Waals surface area contributed by atoms with Crippen molar-refractivity contribution in [3.05, 3.63) is 40.6 Å². The quantitative estimate of drug-likeness (QED) is 0.495. The first-order valence-corrected chi connectivity index (χ1v) is 11.6. The number of carbonyl (C=O) groups is 4. The molecule has 8 heteroatoms. The van der Waals surface area contributed by atoms with Crippen LogP contribution in [0, 0.1) is 25.7 Å². The highest BCUT2D eigenvalue weighted by molar-refractivity contribution is 6.21. The lowest BCUT2D eigenvalue weighted by atomic mass is 9.83. The molecule has 0 saturated heterocycles. The predicted molar refractivity (Wildman–Crippen MR) is 126 cm³/mol. The maximum atomic E-state index is 12.1. The van der Waals surface area contributed by atoms with Crippen molar-refractivity contribution in [1.29, 1.82) is 0 Å². The van der Waals surface area contributed by atoms with E-state index in [0.717, 1.165) is 23.3 Å². The van der Waals surface area contributed by atoms with Crippen LogP contribution in [-0.2, 0) is 19.2 Å².